The minimum atomic E-state index is -0.127. The fraction of sp³-hybridized carbons (Fsp3) is 0.294. The summed E-state index contributed by atoms with van der Waals surface area (Å²) < 4.78 is 5.73. The maximum atomic E-state index is 12.3. The molecule has 0 spiro atoms. The Bertz CT molecular complexity index is 695. The van der Waals surface area contributed by atoms with E-state index in [0.717, 1.165) is 16.7 Å². The molecule has 0 N–H and O–H groups in total. The lowest BCUT2D eigenvalue weighted by atomic mass is 9.98. The van der Waals surface area contributed by atoms with Crippen LogP contribution in [-0.4, -0.2) is 41.8 Å². The second-order valence-electron chi connectivity index (χ2n) is 5.59. The van der Waals surface area contributed by atoms with Crippen LogP contribution in [0.2, 0.25) is 0 Å². The number of carbonyl (C=O) groups excluding carboxylic acids is 2. The largest absolute Gasteiger partial charge is 0.459 e. The Labute approximate surface area is 128 Å². The zero-order chi connectivity index (χ0) is 15.7. The molecule has 1 aliphatic rings. The van der Waals surface area contributed by atoms with Gasteiger partial charge < -0.3 is 14.2 Å². The molecule has 5 nitrogen and oxygen atoms in total. The lowest BCUT2D eigenvalue weighted by molar-refractivity contribution is -0.145. The van der Waals surface area contributed by atoms with Crippen molar-refractivity contribution in [2.24, 2.45) is 5.92 Å². The van der Waals surface area contributed by atoms with E-state index in [1.165, 1.54) is 6.08 Å². The number of fused-ring (bicyclic) bond motifs is 1. The number of para-hydroxylation sites is 1. The molecule has 0 aliphatic carbocycles. The molecule has 1 aliphatic heterocycles. The van der Waals surface area contributed by atoms with Gasteiger partial charge >= 0.3 is 0 Å². The standard InChI is InChI=1S/C17H18N2O3/c1-3-16(20)19-9-13(10-19)17(21)18(2)11-14-8-12-6-4-5-7-15(12)22-14/h3-8,13H,1,9-11H2,2H3. The predicted molar refractivity (Wildman–Crippen MR) is 83.0 cm³/mol. The van der Waals surface area contributed by atoms with Crippen molar-refractivity contribution in [3.05, 3.63) is 48.7 Å². The monoisotopic (exact) mass is 298 g/mol. The van der Waals surface area contributed by atoms with E-state index < -0.39 is 0 Å². The van der Waals surface area contributed by atoms with Gasteiger partial charge in [0, 0.05) is 25.5 Å². The van der Waals surface area contributed by atoms with E-state index in [1.807, 2.05) is 30.3 Å². The average Bonchev–Trinajstić information content (AvgIpc) is 2.87. The molecule has 1 fully saturated rings. The molecule has 0 unspecified atom stereocenters. The van der Waals surface area contributed by atoms with Crippen LogP contribution in [0.25, 0.3) is 11.0 Å². The van der Waals surface area contributed by atoms with Gasteiger partial charge in [-0.05, 0) is 18.2 Å². The van der Waals surface area contributed by atoms with Crippen molar-refractivity contribution in [1.29, 1.82) is 0 Å². The SMILES string of the molecule is C=CC(=O)N1CC(C(=O)N(C)Cc2cc3ccccc3o2)C1. The number of hydrogen-bond acceptors (Lipinski definition) is 3. The Morgan fingerprint density at radius 1 is 1.41 bits per heavy atom. The molecule has 2 amide bonds. The molecule has 1 aromatic carbocycles. The first-order valence-corrected chi connectivity index (χ1v) is 7.22. The van der Waals surface area contributed by atoms with E-state index in [2.05, 4.69) is 6.58 Å². The summed E-state index contributed by atoms with van der Waals surface area (Å²) in [5.41, 5.74) is 0.824. The summed E-state index contributed by atoms with van der Waals surface area (Å²) in [4.78, 5) is 27.0. The van der Waals surface area contributed by atoms with Crippen LogP contribution in [0, 0.1) is 5.92 Å². The van der Waals surface area contributed by atoms with E-state index in [-0.39, 0.29) is 17.7 Å². The summed E-state index contributed by atoms with van der Waals surface area (Å²) in [6.45, 7) is 4.81. The summed E-state index contributed by atoms with van der Waals surface area (Å²) in [5.74, 6) is 0.547. The minimum absolute atomic E-state index is 0.0357. The van der Waals surface area contributed by atoms with Gasteiger partial charge in [-0.3, -0.25) is 9.59 Å². The van der Waals surface area contributed by atoms with Gasteiger partial charge in [-0.15, -0.1) is 0 Å². The molecule has 5 heteroatoms. The van der Waals surface area contributed by atoms with Crippen molar-refractivity contribution >= 4 is 22.8 Å². The lowest BCUT2D eigenvalue weighted by Gasteiger charge is -2.39. The number of nitrogens with zero attached hydrogens (tertiary/aromatic N) is 2. The third-order valence-electron chi connectivity index (χ3n) is 3.96. The van der Waals surface area contributed by atoms with Gasteiger partial charge in [0.25, 0.3) is 0 Å². The number of benzene rings is 1. The lowest BCUT2D eigenvalue weighted by Crippen LogP contribution is -2.55. The van der Waals surface area contributed by atoms with Crippen LogP contribution < -0.4 is 0 Å². The summed E-state index contributed by atoms with van der Waals surface area (Å²) in [6.07, 6.45) is 1.28. The van der Waals surface area contributed by atoms with Crippen LogP contribution in [0.3, 0.4) is 0 Å². The maximum Gasteiger partial charge on any atom is 0.246 e. The van der Waals surface area contributed by atoms with Gasteiger partial charge in [-0.1, -0.05) is 24.8 Å². The number of likely N-dealkylation sites (tertiary alicyclic amines) is 1. The highest BCUT2D eigenvalue weighted by Gasteiger charge is 2.36. The third-order valence-corrected chi connectivity index (χ3v) is 3.96. The van der Waals surface area contributed by atoms with E-state index in [9.17, 15) is 9.59 Å². The Kier molecular flexibility index (Phi) is 3.71. The van der Waals surface area contributed by atoms with Crippen LogP contribution in [0.1, 0.15) is 5.76 Å². The smallest absolute Gasteiger partial charge is 0.246 e. The second-order valence-corrected chi connectivity index (χ2v) is 5.59. The molecule has 114 valence electrons. The van der Waals surface area contributed by atoms with Crippen LogP contribution in [0.5, 0.6) is 0 Å². The topological polar surface area (TPSA) is 53.8 Å². The summed E-state index contributed by atoms with van der Waals surface area (Å²) in [6, 6.07) is 9.72. The van der Waals surface area contributed by atoms with E-state index >= 15 is 0 Å². The highest BCUT2D eigenvalue weighted by atomic mass is 16.3. The van der Waals surface area contributed by atoms with Gasteiger partial charge in [0.15, 0.2) is 0 Å². The Morgan fingerprint density at radius 3 is 2.82 bits per heavy atom. The quantitative estimate of drug-likeness (QED) is 0.812. The van der Waals surface area contributed by atoms with Gasteiger partial charge in [-0.25, -0.2) is 0 Å². The van der Waals surface area contributed by atoms with Crippen LogP contribution in [0.4, 0.5) is 0 Å². The van der Waals surface area contributed by atoms with E-state index in [4.69, 9.17) is 4.42 Å². The van der Waals surface area contributed by atoms with Crippen molar-refractivity contribution in [3.63, 3.8) is 0 Å². The molecule has 2 aromatic rings. The molecule has 0 saturated carbocycles. The number of carbonyl (C=O) groups is 2. The van der Waals surface area contributed by atoms with Gasteiger partial charge in [0.05, 0.1) is 12.5 Å². The molecule has 3 rings (SSSR count). The van der Waals surface area contributed by atoms with Crippen molar-refractivity contribution in [3.8, 4) is 0 Å². The third kappa shape index (κ3) is 2.62. The van der Waals surface area contributed by atoms with E-state index in [1.54, 1.807) is 16.8 Å². The van der Waals surface area contributed by atoms with Gasteiger partial charge in [0.2, 0.25) is 11.8 Å². The number of rotatable bonds is 4. The Balaban J connectivity index is 1.60. The Hall–Kier alpha value is -2.56. The van der Waals surface area contributed by atoms with Gasteiger partial charge in [0.1, 0.15) is 11.3 Å². The Morgan fingerprint density at radius 2 is 2.14 bits per heavy atom. The number of furan rings is 1. The fourth-order valence-electron chi connectivity index (χ4n) is 2.68. The average molecular weight is 298 g/mol. The fourth-order valence-corrected chi connectivity index (χ4v) is 2.68. The molecule has 1 saturated heterocycles. The van der Waals surface area contributed by atoms with Crippen LogP contribution in [0.15, 0.2) is 47.4 Å². The van der Waals surface area contributed by atoms with Crippen LogP contribution in [-0.2, 0) is 16.1 Å². The molecule has 22 heavy (non-hydrogen) atoms. The molecule has 0 atom stereocenters. The minimum Gasteiger partial charge on any atom is -0.459 e. The first-order valence-electron chi connectivity index (χ1n) is 7.22. The number of hydrogen-bond donors (Lipinski definition) is 0. The van der Waals surface area contributed by atoms with Crippen molar-refractivity contribution in [1.82, 2.24) is 9.80 Å². The normalized spacial score (nSPS) is 14.7. The van der Waals surface area contributed by atoms with Crippen LogP contribution >= 0.6 is 0 Å². The van der Waals surface area contributed by atoms with Crippen molar-refractivity contribution in [2.75, 3.05) is 20.1 Å². The highest BCUT2D eigenvalue weighted by Crippen LogP contribution is 2.22. The summed E-state index contributed by atoms with van der Waals surface area (Å²) in [5, 5.41) is 1.03. The maximum absolute atomic E-state index is 12.3. The first-order chi connectivity index (χ1) is 10.6. The molecule has 2 heterocycles. The zero-order valence-corrected chi connectivity index (χ0v) is 12.5. The highest BCUT2D eigenvalue weighted by molar-refractivity contribution is 5.90. The van der Waals surface area contributed by atoms with Crippen molar-refractivity contribution in [2.45, 2.75) is 6.54 Å². The predicted octanol–water partition coefficient (Wildman–Crippen LogP) is 2.04. The molecule has 1 aromatic heterocycles. The van der Waals surface area contributed by atoms with E-state index in [0.29, 0.717) is 19.6 Å². The second kappa shape index (κ2) is 5.67. The summed E-state index contributed by atoms with van der Waals surface area (Å²) >= 11 is 0. The van der Waals surface area contributed by atoms with Gasteiger partial charge in [-0.2, -0.15) is 0 Å². The first kappa shape index (κ1) is 14.4. The summed E-state index contributed by atoms with van der Waals surface area (Å²) in [7, 11) is 1.76. The zero-order valence-electron chi connectivity index (χ0n) is 12.5. The molecular formula is C17H18N2O3. The molecule has 0 bridgehead atoms. The molecule has 0 radical (unpaired) electrons. The molecular weight excluding hydrogens is 280 g/mol. The van der Waals surface area contributed by atoms with Crippen molar-refractivity contribution < 1.29 is 14.0 Å². The number of amides is 2.